The van der Waals surface area contributed by atoms with E-state index >= 15 is 0 Å². The van der Waals surface area contributed by atoms with E-state index in [-0.39, 0.29) is 10.6 Å². The Morgan fingerprint density at radius 2 is 2.09 bits per heavy atom. The van der Waals surface area contributed by atoms with Crippen molar-refractivity contribution in [1.29, 1.82) is 0 Å². The van der Waals surface area contributed by atoms with Crippen LogP contribution in [0.1, 0.15) is 21.6 Å². The highest BCUT2D eigenvalue weighted by atomic mass is 35.5. The highest BCUT2D eigenvalue weighted by Gasteiger charge is 2.22. The minimum atomic E-state index is -0.559. The maximum Gasteiger partial charge on any atom is 0.346 e. The summed E-state index contributed by atoms with van der Waals surface area (Å²) in [6.45, 7) is 0. The van der Waals surface area contributed by atoms with E-state index in [4.69, 9.17) is 22.1 Å². The molecule has 0 aliphatic heterocycles. The molecule has 5 nitrogen and oxygen atoms in total. The van der Waals surface area contributed by atoms with Gasteiger partial charge in [-0.2, -0.15) is 0 Å². The Morgan fingerprint density at radius 3 is 2.73 bits per heavy atom. The number of halogens is 1. The van der Waals surface area contributed by atoms with Gasteiger partial charge in [0, 0.05) is 6.42 Å². The topological polar surface area (TPSA) is 79.2 Å². The fraction of sp³-hybridized carbons (Fsp3) is 0.188. The van der Waals surface area contributed by atoms with Gasteiger partial charge in [-0.05, 0) is 18.1 Å². The third-order valence-corrected chi connectivity index (χ3v) is 3.44. The summed E-state index contributed by atoms with van der Waals surface area (Å²) in [7, 11) is 1.29. The molecular formula is C16H17ClN3O2+. The molecule has 6 heteroatoms. The number of methoxy groups -OCH3 is 1. The molecule has 114 valence electrons. The van der Waals surface area contributed by atoms with Crippen LogP contribution in [0.5, 0.6) is 0 Å². The summed E-state index contributed by atoms with van der Waals surface area (Å²) in [6.07, 6.45) is 2.73. The maximum absolute atomic E-state index is 11.8. The molecule has 0 saturated carbocycles. The molecule has 3 N–H and O–H groups in total. The Bertz CT molecular complexity index is 687. The van der Waals surface area contributed by atoms with Crippen molar-refractivity contribution in [1.82, 2.24) is 4.98 Å². The van der Waals surface area contributed by atoms with Gasteiger partial charge in [0.05, 0.1) is 12.1 Å². The molecule has 1 aromatic heterocycles. The lowest BCUT2D eigenvalue weighted by molar-refractivity contribution is -0.354. The number of benzene rings is 1. The quantitative estimate of drug-likeness (QED) is 0.490. The van der Waals surface area contributed by atoms with Gasteiger partial charge in [-0.25, -0.2) is 9.79 Å². The number of pyridine rings is 1. The number of nitrogens with one attached hydrogen (secondary N) is 1. The van der Waals surface area contributed by atoms with Crippen molar-refractivity contribution in [2.24, 2.45) is 5.73 Å². The molecular weight excluding hydrogens is 302 g/mol. The summed E-state index contributed by atoms with van der Waals surface area (Å²) in [5.74, 6) is -0.263. The van der Waals surface area contributed by atoms with Crippen molar-refractivity contribution >= 4 is 29.7 Å². The van der Waals surface area contributed by atoms with Gasteiger partial charge < -0.3 is 10.5 Å². The highest BCUT2D eigenvalue weighted by Crippen LogP contribution is 2.22. The zero-order valence-electron chi connectivity index (χ0n) is 12.2. The smallest absolute Gasteiger partial charge is 0.346 e. The van der Waals surface area contributed by atoms with Crippen LogP contribution in [0.4, 0.5) is 5.82 Å². The Labute approximate surface area is 133 Å². The van der Waals surface area contributed by atoms with Crippen LogP contribution in [0.3, 0.4) is 0 Å². The molecule has 22 heavy (non-hydrogen) atoms. The zero-order valence-corrected chi connectivity index (χ0v) is 12.9. The molecule has 0 aliphatic carbocycles. The third kappa shape index (κ3) is 3.83. The molecule has 0 atom stereocenters. The molecule has 0 aliphatic rings. The second-order valence-electron chi connectivity index (χ2n) is 4.61. The van der Waals surface area contributed by atoms with E-state index < -0.39 is 5.97 Å². The molecule has 1 aromatic carbocycles. The average molecular weight is 319 g/mol. The molecule has 0 fully saturated rings. The lowest BCUT2D eigenvalue weighted by atomic mass is 10.1. The molecule has 0 spiro atoms. The first-order chi connectivity index (χ1) is 10.7. The zero-order chi connectivity index (χ0) is 15.9. The fourth-order valence-corrected chi connectivity index (χ4v) is 2.38. The van der Waals surface area contributed by atoms with Gasteiger partial charge in [0.15, 0.2) is 11.9 Å². The van der Waals surface area contributed by atoms with E-state index in [9.17, 15) is 4.79 Å². The van der Waals surface area contributed by atoms with E-state index in [2.05, 4.69) is 22.1 Å². The van der Waals surface area contributed by atoms with Crippen molar-refractivity contribution in [3.8, 4) is 0 Å². The second-order valence-corrected chi connectivity index (χ2v) is 5.01. The fourth-order valence-electron chi connectivity index (χ4n) is 2.09. The standard InChI is InChI=1S/C16H16ClN3O2/c1-22-16(21)14-13(17)9-12(20-15(14)19-10-18)8-7-11-5-3-2-4-6-11/h2-6,9-10H,7-8H2,1H3,(H2,18,19,20)/p+1. The van der Waals surface area contributed by atoms with Gasteiger partial charge in [-0.1, -0.05) is 41.9 Å². The number of aryl methyl sites for hydroxylation is 2. The molecule has 0 saturated heterocycles. The Kier molecular flexibility index (Phi) is 5.49. The lowest BCUT2D eigenvalue weighted by Gasteiger charge is -2.05. The van der Waals surface area contributed by atoms with Gasteiger partial charge in [0.2, 0.25) is 0 Å². The van der Waals surface area contributed by atoms with Crippen LogP contribution in [0.25, 0.3) is 0 Å². The van der Waals surface area contributed by atoms with E-state index in [0.717, 1.165) is 12.1 Å². The Morgan fingerprint density at radius 1 is 1.36 bits per heavy atom. The summed E-state index contributed by atoms with van der Waals surface area (Å²) in [6, 6.07) is 11.7. The van der Waals surface area contributed by atoms with E-state index in [1.807, 2.05) is 18.2 Å². The first kappa shape index (κ1) is 16.0. The van der Waals surface area contributed by atoms with Crippen LogP contribution in [0, 0.1) is 0 Å². The van der Waals surface area contributed by atoms with Crippen LogP contribution >= 0.6 is 11.6 Å². The number of hydrogen-bond donors (Lipinski definition) is 2. The highest BCUT2D eigenvalue weighted by molar-refractivity contribution is 6.34. The predicted octanol–water partition coefficient (Wildman–Crippen LogP) is 1.01. The summed E-state index contributed by atoms with van der Waals surface area (Å²) in [5.41, 5.74) is 7.52. The lowest BCUT2D eigenvalue weighted by Crippen LogP contribution is -2.65. The number of esters is 1. The maximum atomic E-state index is 11.8. The number of carbonyl (C=O) groups is 1. The summed E-state index contributed by atoms with van der Waals surface area (Å²) < 4.78 is 4.72. The molecule has 2 aromatic rings. The number of ether oxygens (including phenoxy) is 1. The van der Waals surface area contributed by atoms with Crippen LogP contribution in [-0.2, 0) is 17.6 Å². The van der Waals surface area contributed by atoms with Crippen molar-refractivity contribution in [2.45, 2.75) is 12.8 Å². The van der Waals surface area contributed by atoms with Crippen molar-refractivity contribution < 1.29 is 14.5 Å². The van der Waals surface area contributed by atoms with Crippen LogP contribution in [0.15, 0.2) is 36.4 Å². The minimum Gasteiger partial charge on any atom is -0.465 e. The SMILES string of the molecule is COC(=O)c1c(Cl)cc(CCc2ccccc2)nc1[NH+]=CN. The summed E-state index contributed by atoms with van der Waals surface area (Å²) in [4.78, 5) is 18.9. The number of rotatable bonds is 5. The van der Waals surface area contributed by atoms with Crippen molar-refractivity contribution in [3.05, 3.63) is 58.2 Å². The second kappa shape index (κ2) is 7.56. The molecule has 0 unspecified atom stereocenters. The summed E-state index contributed by atoms with van der Waals surface area (Å²) >= 11 is 6.19. The monoisotopic (exact) mass is 318 g/mol. The first-order valence-electron chi connectivity index (χ1n) is 6.77. The molecule has 0 bridgehead atoms. The van der Waals surface area contributed by atoms with Gasteiger partial charge in [0.25, 0.3) is 5.82 Å². The third-order valence-electron chi connectivity index (χ3n) is 3.15. The van der Waals surface area contributed by atoms with E-state index in [1.165, 1.54) is 19.0 Å². The van der Waals surface area contributed by atoms with Crippen LogP contribution < -0.4 is 10.7 Å². The Hall–Kier alpha value is -2.40. The van der Waals surface area contributed by atoms with Gasteiger partial charge in [-0.3, -0.25) is 0 Å². The number of carbonyl (C=O) groups excluding carboxylic acids is 1. The molecule has 0 amide bonds. The number of nitrogens with zero attached hydrogens (tertiary/aromatic N) is 1. The van der Waals surface area contributed by atoms with Gasteiger partial charge in [0.1, 0.15) is 5.69 Å². The van der Waals surface area contributed by atoms with Crippen LogP contribution in [0.2, 0.25) is 5.02 Å². The first-order valence-corrected chi connectivity index (χ1v) is 7.15. The normalized spacial score (nSPS) is 10.8. The molecule has 0 radical (unpaired) electrons. The Balaban J connectivity index is 2.28. The average Bonchev–Trinajstić information content (AvgIpc) is 2.53. The van der Waals surface area contributed by atoms with Crippen molar-refractivity contribution in [2.75, 3.05) is 7.11 Å². The molecule has 2 rings (SSSR count). The molecule has 1 heterocycles. The van der Waals surface area contributed by atoms with Gasteiger partial charge >= 0.3 is 5.97 Å². The number of hydrogen-bond acceptors (Lipinski definition) is 3. The number of aromatic nitrogens is 1. The minimum absolute atomic E-state index is 0.175. The van der Waals surface area contributed by atoms with E-state index in [0.29, 0.717) is 12.2 Å². The van der Waals surface area contributed by atoms with Gasteiger partial charge in [-0.15, -0.1) is 4.98 Å². The largest absolute Gasteiger partial charge is 0.465 e. The van der Waals surface area contributed by atoms with Crippen molar-refractivity contribution in [3.63, 3.8) is 0 Å². The van der Waals surface area contributed by atoms with E-state index in [1.54, 1.807) is 6.07 Å². The summed E-state index contributed by atoms with van der Waals surface area (Å²) in [5, 5.41) is 0.286. The van der Waals surface area contributed by atoms with Crippen LogP contribution in [-0.4, -0.2) is 24.4 Å². The number of nitrogens with two attached hydrogens (primary N) is 1. The predicted molar refractivity (Wildman–Crippen MR) is 85.3 cm³/mol.